The molecule has 0 bridgehead atoms. The van der Waals surface area contributed by atoms with Crippen LogP contribution in [-0.4, -0.2) is 56.3 Å². The van der Waals surface area contributed by atoms with Crippen molar-refractivity contribution in [2.75, 3.05) is 23.4 Å². The van der Waals surface area contributed by atoms with Crippen molar-refractivity contribution in [3.8, 4) is 11.5 Å². The van der Waals surface area contributed by atoms with Gasteiger partial charge in [-0.05, 0) is 49.6 Å². The average Bonchev–Trinajstić information content (AvgIpc) is 3.51. The van der Waals surface area contributed by atoms with Gasteiger partial charge in [-0.25, -0.2) is 8.42 Å². The van der Waals surface area contributed by atoms with E-state index in [0.29, 0.717) is 27.1 Å². The van der Waals surface area contributed by atoms with Gasteiger partial charge in [0.15, 0.2) is 11.5 Å². The minimum atomic E-state index is -3.94. The van der Waals surface area contributed by atoms with E-state index in [1.165, 1.54) is 17.9 Å². The first-order valence-electron chi connectivity index (χ1n) is 15.1. The van der Waals surface area contributed by atoms with Gasteiger partial charge in [-0.3, -0.25) is 13.9 Å². The molecule has 12 heteroatoms. The number of ether oxygens (including phenoxy) is 2. The van der Waals surface area contributed by atoms with Crippen molar-refractivity contribution in [2.24, 2.45) is 0 Å². The van der Waals surface area contributed by atoms with E-state index in [2.05, 4.69) is 5.32 Å². The third-order valence-electron chi connectivity index (χ3n) is 8.24. The van der Waals surface area contributed by atoms with E-state index in [1.807, 2.05) is 30.3 Å². The number of fused-ring (bicyclic) bond motifs is 1. The van der Waals surface area contributed by atoms with Gasteiger partial charge < -0.3 is 19.7 Å². The molecule has 0 unspecified atom stereocenters. The van der Waals surface area contributed by atoms with E-state index in [4.69, 9.17) is 32.7 Å². The van der Waals surface area contributed by atoms with Crippen molar-refractivity contribution in [1.29, 1.82) is 0 Å². The van der Waals surface area contributed by atoms with Gasteiger partial charge in [0, 0.05) is 40.7 Å². The number of rotatable bonds is 12. The van der Waals surface area contributed by atoms with Crippen LogP contribution in [0.3, 0.4) is 0 Å². The molecule has 1 N–H and O–H groups in total. The van der Waals surface area contributed by atoms with Crippen molar-refractivity contribution < 1.29 is 27.5 Å². The molecule has 5 rings (SSSR count). The summed E-state index contributed by atoms with van der Waals surface area (Å²) in [5, 5.41) is 3.85. The van der Waals surface area contributed by atoms with Gasteiger partial charge in [-0.1, -0.05) is 78.9 Å². The molecule has 1 atom stereocenters. The van der Waals surface area contributed by atoms with Gasteiger partial charge in [-0.2, -0.15) is 0 Å². The molecule has 2 amide bonds. The highest BCUT2D eigenvalue weighted by atomic mass is 35.5. The third kappa shape index (κ3) is 8.04. The van der Waals surface area contributed by atoms with Crippen molar-refractivity contribution in [3.05, 3.63) is 87.9 Å². The van der Waals surface area contributed by atoms with Crippen molar-refractivity contribution in [3.63, 3.8) is 0 Å². The van der Waals surface area contributed by atoms with Crippen LogP contribution in [-0.2, 0) is 32.6 Å². The standard InChI is InChI=1S/C33H37Cl2N3O6S/c1-2-45(41,42)38(25-16-17-30-31(19-25)44-22-43-30)21-32(39)37(20-26-27(34)14-9-15-28(26)35)29(18-23-10-5-3-6-11-23)33(40)36-24-12-7-4-8-13-24/h3,5-6,9-11,14-17,19,24,29H,2,4,7-8,12-13,18,20-22H2,1H3,(H,36,40)/t29-/m1/s1. The Kier molecular flexibility index (Phi) is 10.8. The van der Waals surface area contributed by atoms with Crippen molar-refractivity contribution in [2.45, 2.75) is 64.1 Å². The molecule has 1 fully saturated rings. The maximum Gasteiger partial charge on any atom is 0.244 e. The summed E-state index contributed by atoms with van der Waals surface area (Å²) in [7, 11) is -3.94. The van der Waals surface area contributed by atoms with Crippen molar-refractivity contribution >= 4 is 50.7 Å². The van der Waals surface area contributed by atoms with Crippen LogP contribution in [0.25, 0.3) is 0 Å². The molecular formula is C33H37Cl2N3O6S. The molecule has 0 aromatic heterocycles. The molecule has 1 heterocycles. The molecule has 1 aliphatic heterocycles. The van der Waals surface area contributed by atoms with Crippen LogP contribution >= 0.6 is 23.2 Å². The number of nitrogens with one attached hydrogen (secondary N) is 1. The van der Waals surface area contributed by atoms with Gasteiger partial charge in [0.2, 0.25) is 28.6 Å². The second-order valence-corrected chi connectivity index (χ2v) is 14.2. The number of sulfonamides is 1. The maximum atomic E-state index is 14.5. The van der Waals surface area contributed by atoms with Crippen LogP contribution in [0.2, 0.25) is 10.0 Å². The second kappa shape index (κ2) is 14.7. The summed E-state index contributed by atoms with van der Waals surface area (Å²) in [6.45, 7) is 0.868. The Labute approximate surface area is 274 Å². The lowest BCUT2D eigenvalue weighted by Gasteiger charge is -2.35. The summed E-state index contributed by atoms with van der Waals surface area (Å²) in [4.78, 5) is 30.0. The fraction of sp³-hybridized carbons (Fsp3) is 0.394. The average molecular weight is 675 g/mol. The lowest BCUT2D eigenvalue weighted by Crippen LogP contribution is -2.55. The predicted octanol–water partition coefficient (Wildman–Crippen LogP) is 5.97. The van der Waals surface area contributed by atoms with E-state index in [-0.39, 0.29) is 43.1 Å². The first-order valence-corrected chi connectivity index (χ1v) is 17.5. The minimum absolute atomic E-state index is 0.00373. The summed E-state index contributed by atoms with van der Waals surface area (Å²) in [6.07, 6.45) is 5.09. The largest absolute Gasteiger partial charge is 0.454 e. The summed E-state index contributed by atoms with van der Waals surface area (Å²) in [5.74, 6) is -0.280. The maximum absolute atomic E-state index is 14.5. The van der Waals surface area contributed by atoms with Crippen LogP contribution in [0, 0.1) is 0 Å². The van der Waals surface area contributed by atoms with E-state index in [0.717, 1.165) is 42.0 Å². The molecule has 45 heavy (non-hydrogen) atoms. The van der Waals surface area contributed by atoms with E-state index in [1.54, 1.807) is 30.3 Å². The molecule has 2 aliphatic rings. The molecule has 1 saturated carbocycles. The Balaban J connectivity index is 1.54. The molecule has 1 aliphatic carbocycles. The van der Waals surface area contributed by atoms with E-state index < -0.39 is 28.5 Å². The van der Waals surface area contributed by atoms with Gasteiger partial charge in [0.05, 0.1) is 11.4 Å². The van der Waals surface area contributed by atoms with Gasteiger partial charge in [-0.15, -0.1) is 0 Å². The lowest BCUT2D eigenvalue weighted by molar-refractivity contribution is -0.140. The number of amides is 2. The predicted molar refractivity (Wildman–Crippen MR) is 175 cm³/mol. The SMILES string of the molecule is CCS(=O)(=O)N(CC(=O)N(Cc1c(Cl)cccc1Cl)[C@H](Cc1ccccc1)C(=O)NC1CCCCC1)c1ccc2c(c1)OCO2. The summed E-state index contributed by atoms with van der Waals surface area (Å²) in [5.41, 5.74) is 1.56. The number of nitrogens with zero attached hydrogens (tertiary/aromatic N) is 2. The van der Waals surface area contributed by atoms with Crippen LogP contribution in [0.5, 0.6) is 11.5 Å². The Hall–Kier alpha value is -3.47. The number of anilines is 1. The normalized spacial score (nSPS) is 15.4. The summed E-state index contributed by atoms with van der Waals surface area (Å²) in [6, 6.07) is 18.2. The zero-order chi connectivity index (χ0) is 32.0. The fourth-order valence-corrected chi connectivity index (χ4v) is 7.28. The summed E-state index contributed by atoms with van der Waals surface area (Å²) >= 11 is 13.1. The van der Waals surface area contributed by atoms with Crippen LogP contribution < -0.4 is 19.1 Å². The molecule has 240 valence electrons. The molecule has 3 aromatic rings. The Bertz CT molecular complexity index is 1600. The summed E-state index contributed by atoms with van der Waals surface area (Å²) < 4.78 is 38.8. The number of carbonyl (C=O) groups excluding carboxylic acids is 2. The molecule has 0 saturated heterocycles. The lowest BCUT2D eigenvalue weighted by atomic mass is 9.94. The zero-order valence-electron chi connectivity index (χ0n) is 25.1. The monoisotopic (exact) mass is 673 g/mol. The number of hydrogen-bond donors (Lipinski definition) is 1. The highest BCUT2D eigenvalue weighted by Gasteiger charge is 2.35. The van der Waals surface area contributed by atoms with E-state index in [9.17, 15) is 18.0 Å². The van der Waals surface area contributed by atoms with Crippen molar-refractivity contribution in [1.82, 2.24) is 10.2 Å². The molecular weight excluding hydrogens is 637 g/mol. The zero-order valence-corrected chi connectivity index (χ0v) is 27.4. The topological polar surface area (TPSA) is 105 Å². The number of halogens is 2. The minimum Gasteiger partial charge on any atom is -0.454 e. The van der Waals surface area contributed by atoms with Crippen LogP contribution in [0.15, 0.2) is 66.7 Å². The first kappa shape index (κ1) is 32.9. The first-order chi connectivity index (χ1) is 21.7. The highest BCUT2D eigenvalue weighted by molar-refractivity contribution is 7.92. The number of benzene rings is 3. The highest BCUT2D eigenvalue weighted by Crippen LogP contribution is 2.36. The van der Waals surface area contributed by atoms with E-state index >= 15 is 0 Å². The molecule has 0 spiro atoms. The van der Waals surface area contributed by atoms with Gasteiger partial charge >= 0.3 is 0 Å². The van der Waals surface area contributed by atoms with Gasteiger partial charge in [0.1, 0.15) is 12.6 Å². The Morgan fingerprint density at radius 3 is 2.31 bits per heavy atom. The van der Waals surface area contributed by atoms with Crippen LogP contribution in [0.4, 0.5) is 5.69 Å². The number of carbonyl (C=O) groups is 2. The molecule has 9 nitrogen and oxygen atoms in total. The Morgan fingerprint density at radius 2 is 1.62 bits per heavy atom. The number of hydrogen-bond acceptors (Lipinski definition) is 6. The second-order valence-electron chi connectivity index (χ2n) is 11.2. The van der Waals surface area contributed by atoms with Crippen LogP contribution in [0.1, 0.15) is 50.2 Å². The Morgan fingerprint density at radius 1 is 0.933 bits per heavy atom. The third-order valence-corrected chi connectivity index (χ3v) is 10.7. The molecule has 3 aromatic carbocycles. The van der Waals surface area contributed by atoms with Gasteiger partial charge in [0.25, 0.3) is 0 Å². The smallest absolute Gasteiger partial charge is 0.244 e. The fourth-order valence-electron chi connectivity index (χ4n) is 5.71. The molecule has 0 radical (unpaired) electrons. The quantitative estimate of drug-likeness (QED) is 0.254.